The monoisotopic (exact) mass is 225 g/mol. The molecule has 1 aromatic rings. The van der Waals surface area contributed by atoms with E-state index in [-0.39, 0.29) is 17.0 Å². The molecule has 4 nitrogen and oxygen atoms in total. The molecule has 1 aromatic heterocycles. The maximum absolute atomic E-state index is 8.53. The van der Waals surface area contributed by atoms with E-state index in [1.165, 1.54) is 11.8 Å². The molecule has 0 unspecified atom stereocenters. The summed E-state index contributed by atoms with van der Waals surface area (Å²) in [7, 11) is 0. The van der Waals surface area contributed by atoms with E-state index in [2.05, 4.69) is 15.2 Å². The zero-order valence-corrected chi connectivity index (χ0v) is 8.20. The van der Waals surface area contributed by atoms with Crippen LogP contribution < -0.4 is 0 Å². The fourth-order valence-corrected chi connectivity index (χ4v) is 1.53. The first-order chi connectivity index (χ1) is 5.74. The Morgan fingerprint density at radius 3 is 2.75 bits per heavy atom. The Morgan fingerprint density at radius 2 is 2.08 bits per heavy atom. The van der Waals surface area contributed by atoms with Gasteiger partial charge in [0.15, 0.2) is 5.15 Å². The molecule has 1 heterocycles. The second kappa shape index (κ2) is 4.81. The summed E-state index contributed by atoms with van der Waals surface area (Å²) < 4.78 is 0. The fourth-order valence-electron chi connectivity index (χ4n) is 0.514. The molecule has 0 bridgehead atoms. The summed E-state index contributed by atoms with van der Waals surface area (Å²) in [5, 5.41) is 16.3. The number of aromatic nitrogens is 3. The van der Waals surface area contributed by atoms with Crippen LogP contribution in [0.2, 0.25) is 10.4 Å². The van der Waals surface area contributed by atoms with Crippen LogP contribution in [-0.2, 0) is 0 Å². The number of aliphatic hydroxyl groups excluding tert-OH is 1. The molecular weight excluding hydrogens is 221 g/mol. The molecule has 12 heavy (non-hydrogen) atoms. The van der Waals surface area contributed by atoms with Gasteiger partial charge in [0.2, 0.25) is 5.28 Å². The van der Waals surface area contributed by atoms with Gasteiger partial charge < -0.3 is 5.11 Å². The quantitative estimate of drug-likeness (QED) is 0.786. The van der Waals surface area contributed by atoms with Gasteiger partial charge in [-0.2, -0.15) is 0 Å². The van der Waals surface area contributed by atoms with Crippen LogP contribution in [0.3, 0.4) is 0 Å². The van der Waals surface area contributed by atoms with Crippen molar-refractivity contribution in [3.63, 3.8) is 0 Å². The van der Waals surface area contributed by atoms with Crippen LogP contribution in [-0.4, -0.2) is 32.6 Å². The van der Waals surface area contributed by atoms with Crippen molar-refractivity contribution < 1.29 is 5.11 Å². The maximum Gasteiger partial charge on any atom is 0.244 e. The Labute approximate surface area is 83.3 Å². The molecule has 66 valence electrons. The lowest BCUT2D eigenvalue weighted by Gasteiger charge is -1.98. The van der Waals surface area contributed by atoms with Crippen molar-refractivity contribution in [3.8, 4) is 0 Å². The molecule has 1 N–H and O–H groups in total. The van der Waals surface area contributed by atoms with Gasteiger partial charge in [0.1, 0.15) is 5.03 Å². The van der Waals surface area contributed by atoms with Crippen LogP contribution in [0.5, 0.6) is 0 Å². The van der Waals surface area contributed by atoms with Gasteiger partial charge in [-0.15, -0.1) is 22.0 Å². The van der Waals surface area contributed by atoms with Crippen molar-refractivity contribution in [1.29, 1.82) is 0 Å². The highest BCUT2D eigenvalue weighted by molar-refractivity contribution is 7.99. The van der Waals surface area contributed by atoms with Gasteiger partial charge in [-0.3, -0.25) is 0 Å². The third-order valence-electron chi connectivity index (χ3n) is 0.921. The molecule has 0 saturated heterocycles. The van der Waals surface area contributed by atoms with Crippen LogP contribution in [0, 0.1) is 0 Å². The van der Waals surface area contributed by atoms with E-state index in [0.717, 1.165) is 0 Å². The number of rotatable bonds is 3. The van der Waals surface area contributed by atoms with Crippen molar-refractivity contribution in [2.45, 2.75) is 5.03 Å². The summed E-state index contributed by atoms with van der Waals surface area (Å²) in [5.74, 6) is 0.509. The van der Waals surface area contributed by atoms with Crippen molar-refractivity contribution >= 4 is 35.0 Å². The van der Waals surface area contributed by atoms with Gasteiger partial charge in [0.25, 0.3) is 0 Å². The Hall–Kier alpha value is -0.100. The van der Waals surface area contributed by atoms with Crippen LogP contribution in [0.4, 0.5) is 0 Å². The Balaban J connectivity index is 2.75. The Kier molecular flexibility index (Phi) is 4.00. The molecule has 0 saturated carbocycles. The van der Waals surface area contributed by atoms with Crippen molar-refractivity contribution in [3.05, 3.63) is 10.4 Å². The predicted molar refractivity (Wildman–Crippen MR) is 47.7 cm³/mol. The minimum absolute atomic E-state index is 0.0554. The van der Waals surface area contributed by atoms with E-state index in [0.29, 0.717) is 10.8 Å². The maximum atomic E-state index is 8.53. The molecular formula is C5H5Cl2N3OS. The first-order valence-electron chi connectivity index (χ1n) is 3.03. The van der Waals surface area contributed by atoms with Crippen LogP contribution in [0.25, 0.3) is 0 Å². The molecule has 0 atom stereocenters. The van der Waals surface area contributed by atoms with Crippen molar-refractivity contribution in [1.82, 2.24) is 15.2 Å². The summed E-state index contributed by atoms with van der Waals surface area (Å²) in [5.41, 5.74) is 0. The first kappa shape index (κ1) is 9.98. The number of nitrogens with zero attached hydrogens (tertiary/aromatic N) is 3. The zero-order valence-electron chi connectivity index (χ0n) is 5.87. The van der Waals surface area contributed by atoms with Gasteiger partial charge in [0, 0.05) is 5.75 Å². The average molecular weight is 226 g/mol. The lowest BCUT2D eigenvalue weighted by atomic mass is 10.9. The van der Waals surface area contributed by atoms with Gasteiger partial charge in [-0.1, -0.05) is 11.6 Å². The second-order valence-electron chi connectivity index (χ2n) is 1.75. The minimum atomic E-state index is 0.0554. The molecule has 1 rings (SSSR count). The molecule has 0 aliphatic heterocycles. The number of thioether (sulfide) groups is 1. The van der Waals surface area contributed by atoms with Crippen molar-refractivity contribution in [2.75, 3.05) is 12.4 Å². The molecule has 0 fully saturated rings. The molecule has 0 aliphatic carbocycles. The van der Waals surface area contributed by atoms with Gasteiger partial charge in [0.05, 0.1) is 6.61 Å². The topological polar surface area (TPSA) is 58.9 Å². The van der Waals surface area contributed by atoms with Crippen molar-refractivity contribution in [2.24, 2.45) is 0 Å². The molecule has 7 heteroatoms. The Bertz CT molecular complexity index is 273. The van der Waals surface area contributed by atoms with E-state index in [1.54, 1.807) is 0 Å². The second-order valence-corrected chi connectivity index (χ2v) is 3.53. The molecule has 0 spiro atoms. The van der Waals surface area contributed by atoms with Crippen LogP contribution in [0.15, 0.2) is 5.03 Å². The van der Waals surface area contributed by atoms with Gasteiger partial charge in [-0.05, 0) is 11.6 Å². The molecule has 0 amide bonds. The van der Waals surface area contributed by atoms with Crippen LogP contribution >= 0.6 is 35.0 Å². The lowest BCUT2D eigenvalue weighted by Crippen LogP contribution is -1.94. The van der Waals surface area contributed by atoms with E-state index < -0.39 is 0 Å². The van der Waals surface area contributed by atoms with E-state index >= 15 is 0 Å². The summed E-state index contributed by atoms with van der Waals surface area (Å²) in [6, 6.07) is 0. The number of aliphatic hydroxyl groups is 1. The number of halogens is 2. The highest BCUT2D eigenvalue weighted by atomic mass is 35.5. The largest absolute Gasteiger partial charge is 0.396 e. The zero-order chi connectivity index (χ0) is 8.97. The summed E-state index contributed by atoms with van der Waals surface area (Å²) in [4.78, 5) is 3.82. The third kappa shape index (κ3) is 2.75. The predicted octanol–water partition coefficient (Wildman–Crippen LogP) is 1.26. The summed E-state index contributed by atoms with van der Waals surface area (Å²) in [6.07, 6.45) is 0. The van der Waals surface area contributed by atoms with E-state index in [4.69, 9.17) is 28.3 Å². The number of hydrogen-bond acceptors (Lipinski definition) is 5. The normalized spacial score (nSPS) is 10.2. The first-order valence-corrected chi connectivity index (χ1v) is 4.77. The SMILES string of the molecule is OCCSc1nc(Cl)nnc1Cl. The van der Waals surface area contributed by atoms with Gasteiger partial charge in [-0.25, -0.2) is 4.98 Å². The highest BCUT2D eigenvalue weighted by Gasteiger charge is 2.05. The average Bonchev–Trinajstić information content (AvgIpc) is 2.07. The number of hydrogen-bond donors (Lipinski definition) is 1. The molecule has 0 radical (unpaired) electrons. The Morgan fingerprint density at radius 1 is 1.33 bits per heavy atom. The summed E-state index contributed by atoms with van der Waals surface area (Å²) in [6.45, 7) is 0.0582. The smallest absolute Gasteiger partial charge is 0.244 e. The van der Waals surface area contributed by atoms with Crippen LogP contribution in [0.1, 0.15) is 0 Å². The fraction of sp³-hybridized carbons (Fsp3) is 0.400. The van der Waals surface area contributed by atoms with Gasteiger partial charge >= 0.3 is 0 Å². The minimum Gasteiger partial charge on any atom is -0.396 e. The molecule has 0 aliphatic rings. The summed E-state index contributed by atoms with van der Waals surface area (Å²) >= 11 is 12.4. The highest BCUT2D eigenvalue weighted by Crippen LogP contribution is 2.22. The standard InChI is InChI=1S/C5H5Cl2N3OS/c6-3-4(12-2-1-11)8-5(7)10-9-3/h11H,1-2H2. The molecule has 0 aromatic carbocycles. The lowest BCUT2D eigenvalue weighted by molar-refractivity contribution is 0.322. The van der Waals surface area contributed by atoms with E-state index in [1.807, 2.05) is 0 Å². The van der Waals surface area contributed by atoms with E-state index in [9.17, 15) is 0 Å². The third-order valence-corrected chi connectivity index (χ3v) is 2.39.